The van der Waals surface area contributed by atoms with Gasteiger partial charge < -0.3 is 5.11 Å². The Balaban J connectivity index is 2.16. The lowest BCUT2D eigenvalue weighted by Gasteiger charge is -2.07. The van der Waals surface area contributed by atoms with Crippen molar-refractivity contribution in [3.8, 4) is 0 Å². The fourth-order valence-electron chi connectivity index (χ4n) is 2.43. The molecule has 0 unspecified atom stereocenters. The molecule has 0 aliphatic heterocycles. The summed E-state index contributed by atoms with van der Waals surface area (Å²) in [6.45, 7) is 0.128. The summed E-state index contributed by atoms with van der Waals surface area (Å²) in [5.41, 5.74) is 1.21. The van der Waals surface area contributed by atoms with Gasteiger partial charge in [-0.05, 0) is 12.1 Å². The maximum absolute atomic E-state index is 12.0. The molecule has 1 aromatic carbocycles. The third kappa shape index (κ3) is 2.20. The van der Waals surface area contributed by atoms with E-state index >= 15 is 0 Å². The Labute approximate surface area is 119 Å². The molecule has 0 radical (unpaired) electrons. The molecule has 106 valence electrons. The molecule has 6 heteroatoms. The largest absolute Gasteiger partial charge is 0.477 e. The molecule has 2 heterocycles. The number of fused-ring (bicyclic) bond motifs is 1. The minimum atomic E-state index is -1.13. The van der Waals surface area contributed by atoms with Crippen molar-refractivity contribution in [2.24, 2.45) is 7.05 Å². The number of hydrogen-bond acceptors (Lipinski definition) is 3. The van der Waals surface area contributed by atoms with E-state index in [0.29, 0.717) is 5.69 Å². The van der Waals surface area contributed by atoms with Crippen LogP contribution in [-0.4, -0.2) is 25.4 Å². The molecule has 0 aliphatic carbocycles. The molecule has 1 N–H and O–H groups in total. The number of hydrogen-bond donors (Lipinski definition) is 1. The van der Waals surface area contributed by atoms with E-state index < -0.39 is 5.97 Å². The van der Waals surface area contributed by atoms with Crippen LogP contribution in [0.2, 0.25) is 0 Å². The third-order valence-corrected chi connectivity index (χ3v) is 3.41. The van der Waals surface area contributed by atoms with Gasteiger partial charge in [-0.3, -0.25) is 14.0 Å². The Morgan fingerprint density at radius 2 is 1.95 bits per heavy atom. The van der Waals surface area contributed by atoms with Crippen molar-refractivity contribution in [3.05, 3.63) is 64.2 Å². The number of carbonyl (C=O) groups is 1. The highest BCUT2D eigenvalue weighted by Gasteiger charge is 2.14. The molecule has 0 bridgehead atoms. The summed E-state index contributed by atoms with van der Waals surface area (Å²) in [5.74, 6) is -1.13. The van der Waals surface area contributed by atoms with Crippen LogP contribution in [0.3, 0.4) is 0 Å². The van der Waals surface area contributed by atoms with E-state index in [2.05, 4.69) is 5.10 Å². The Hall–Kier alpha value is -2.89. The normalized spacial score (nSPS) is 10.9. The number of aromatic nitrogens is 3. The zero-order valence-electron chi connectivity index (χ0n) is 11.4. The zero-order valence-corrected chi connectivity index (χ0v) is 11.4. The second kappa shape index (κ2) is 4.90. The van der Waals surface area contributed by atoms with E-state index in [-0.39, 0.29) is 17.8 Å². The molecule has 0 aliphatic rings. The second-order valence-corrected chi connectivity index (χ2v) is 4.73. The van der Waals surface area contributed by atoms with Crippen molar-refractivity contribution in [1.29, 1.82) is 0 Å². The van der Waals surface area contributed by atoms with Gasteiger partial charge in [0.1, 0.15) is 5.69 Å². The summed E-state index contributed by atoms with van der Waals surface area (Å²) >= 11 is 0. The van der Waals surface area contributed by atoms with Gasteiger partial charge in [0.05, 0.1) is 17.8 Å². The molecule has 6 nitrogen and oxygen atoms in total. The van der Waals surface area contributed by atoms with Crippen molar-refractivity contribution in [2.75, 3.05) is 0 Å². The minimum Gasteiger partial charge on any atom is -0.477 e. The summed E-state index contributed by atoms with van der Waals surface area (Å²) in [7, 11) is 1.82. The van der Waals surface area contributed by atoms with Crippen molar-refractivity contribution in [1.82, 2.24) is 14.3 Å². The standard InChI is InChI=1S/C15H13N3O3/c1-17-12-6-3-2-5-10(12)11(16-17)9-18-13(15(20)21)7-4-8-14(18)19/h2-8H,9H2,1H3,(H,20,21). The highest BCUT2D eigenvalue weighted by atomic mass is 16.4. The fraction of sp³-hybridized carbons (Fsp3) is 0.133. The zero-order chi connectivity index (χ0) is 15.0. The highest BCUT2D eigenvalue weighted by molar-refractivity contribution is 5.86. The smallest absolute Gasteiger partial charge is 0.352 e. The van der Waals surface area contributed by atoms with Crippen LogP contribution >= 0.6 is 0 Å². The predicted octanol–water partition coefficient (Wildman–Crippen LogP) is 1.48. The Kier molecular flexibility index (Phi) is 3.06. The first kappa shape index (κ1) is 13.1. The quantitative estimate of drug-likeness (QED) is 0.790. The molecule has 2 aromatic heterocycles. The molecule has 0 amide bonds. The summed E-state index contributed by atoms with van der Waals surface area (Å²) in [6.07, 6.45) is 0. The average Bonchev–Trinajstić information content (AvgIpc) is 2.78. The van der Waals surface area contributed by atoms with Crippen LogP contribution in [0.1, 0.15) is 16.2 Å². The van der Waals surface area contributed by atoms with E-state index in [4.69, 9.17) is 0 Å². The van der Waals surface area contributed by atoms with Gasteiger partial charge in [-0.1, -0.05) is 24.3 Å². The topological polar surface area (TPSA) is 77.1 Å². The first-order valence-corrected chi connectivity index (χ1v) is 6.41. The van der Waals surface area contributed by atoms with Crippen molar-refractivity contribution >= 4 is 16.9 Å². The van der Waals surface area contributed by atoms with Gasteiger partial charge in [0.25, 0.3) is 5.56 Å². The molecule has 3 aromatic rings. The van der Waals surface area contributed by atoms with Crippen LogP contribution < -0.4 is 5.56 Å². The van der Waals surface area contributed by atoms with Gasteiger partial charge in [0.2, 0.25) is 0 Å². The number of aromatic carboxylic acids is 1. The summed E-state index contributed by atoms with van der Waals surface area (Å²) in [4.78, 5) is 23.2. The van der Waals surface area contributed by atoms with Crippen molar-refractivity contribution in [2.45, 2.75) is 6.54 Å². The number of nitrogens with zero attached hydrogens (tertiary/aromatic N) is 3. The van der Waals surface area contributed by atoms with Crippen LogP contribution in [0.4, 0.5) is 0 Å². The van der Waals surface area contributed by atoms with Crippen LogP contribution in [0, 0.1) is 0 Å². The maximum Gasteiger partial charge on any atom is 0.352 e. The number of benzene rings is 1. The Bertz CT molecular complexity index is 893. The third-order valence-electron chi connectivity index (χ3n) is 3.41. The highest BCUT2D eigenvalue weighted by Crippen LogP contribution is 2.18. The predicted molar refractivity (Wildman–Crippen MR) is 77.5 cm³/mol. The molecular formula is C15H13N3O3. The first-order valence-electron chi connectivity index (χ1n) is 6.41. The van der Waals surface area contributed by atoms with Gasteiger partial charge in [-0.2, -0.15) is 5.10 Å². The molecule has 21 heavy (non-hydrogen) atoms. The van der Waals surface area contributed by atoms with Gasteiger partial charge in [-0.15, -0.1) is 0 Å². The van der Waals surface area contributed by atoms with E-state index in [1.165, 1.54) is 22.8 Å². The Morgan fingerprint density at radius 3 is 2.71 bits per heavy atom. The summed E-state index contributed by atoms with van der Waals surface area (Å²) in [6, 6.07) is 11.8. The molecule has 3 rings (SSSR count). The number of aryl methyl sites for hydroxylation is 1. The van der Waals surface area contributed by atoms with E-state index in [0.717, 1.165) is 10.9 Å². The lowest BCUT2D eigenvalue weighted by atomic mass is 10.2. The molecule has 0 saturated heterocycles. The lowest BCUT2D eigenvalue weighted by molar-refractivity contribution is 0.0684. The SMILES string of the molecule is Cn1nc(Cn2c(C(=O)O)cccc2=O)c2ccccc21. The van der Waals surface area contributed by atoms with E-state index in [9.17, 15) is 14.7 Å². The van der Waals surface area contributed by atoms with E-state index in [1.54, 1.807) is 4.68 Å². The van der Waals surface area contributed by atoms with Gasteiger partial charge >= 0.3 is 5.97 Å². The average molecular weight is 283 g/mol. The lowest BCUT2D eigenvalue weighted by Crippen LogP contribution is -2.25. The first-order chi connectivity index (χ1) is 10.1. The van der Waals surface area contributed by atoms with Crippen LogP contribution in [-0.2, 0) is 13.6 Å². The van der Waals surface area contributed by atoms with Crippen LogP contribution in [0.25, 0.3) is 10.9 Å². The summed E-state index contributed by atoms with van der Waals surface area (Å²) in [5, 5.41) is 14.5. The monoisotopic (exact) mass is 283 g/mol. The fourth-order valence-corrected chi connectivity index (χ4v) is 2.43. The van der Waals surface area contributed by atoms with E-state index in [1.807, 2.05) is 31.3 Å². The van der Waals surface area contributed by atoms with Gasteiger partial charge in [0, 0.05) is 18.5 Å². The van der Waals surface area contributed by atoms with Gasteiger partial charge in [-0.25, -0.2) is 4.79 Å². The van der Waals surface area contributed by atoms with Gasteiger partial charge in [0.15, 0.2) is 0 Å². The molecule has 0 fully saturated rings. The number of rotatable bonds is 3. The van der Waals surface area contributed by atoms with Crippen LogP contribution in [0.5, 0.6) is 0 Å². The Morgan fingerprint density at radius 1 is 1.19 bits per heavy atom. The van der Waals surface area contributed by atoms with Crippen LogP contribution in [0.15, 0.2) is 47.3 Å². The number of para-hydroxylation sites is 1. The number of pyridine rings is 1. The summed E-state index contributed by atoms with van der Waals surface area (Å²) < 4.78 is 2.94. The van der Waals surface area contributed by atoms with Crippen molar-refractivity contribution < 1.29 is 9.90 Å². The minimum absolute atomic E-state index is 0.0442. The molecule has 0 atom stereocenters. The number of carboxylic acid groups (broad SMARTS) is 1. The van der Waals surface area contributed by atoms with Crippen molar-refractivity contribution in [3.63, 3.8) is 0 Å². The maximum atomic E-state index is 12.0. The molecular weight excluding hydrogens is 270 g/mol. The second-order valence-electron chi connectivity index (χ2n) is 4.73. The number of carboxylic acids is 1. The molecule has 0 spiro atoms. The molecule has 0 saturated carbocycles.